The fraction of sp³-hybridized carbons (Fsp3) is 0.0270. The number of amidine groups is 2. The van der Waals surface area contributed by atoms with Gasteiger partial charge in [0.25, 0.3) is 0 Å². The second-order valence-corrected chi connectivity index (χ2v) is 21.5. The van der Waals surface area contributed by atoms with Crippen LogP contribution in [0.1, 0.15) is 29.0 Å². The largest absolute Gasteiger partial charge is 0.456 e. The van der Waals surface area contributed by atoms with Gasteiger partial charge in [-0.15, -0.1) is 0 Å². The van der Waals surface area contributed by atoms with Crippen molar-refractivity contribution >= 4 is 105 Å². The van der Waals surface area contributed by atoms with E-state index in [0.29, 0.717) is 17.0 Å². The van der Waals surface area contributed by atoms with Crippen LogP contribution >= 0.6 is 0 Å². The van der Waals surface area contributed by atoms with Gasteiger partial charge in [0.1, 0.15) is 22.3 Å². The summed E-state index contributed by atoms with van der Waals surface area (Å²) in [7, 11) is 0. The lowest BCUT2D eigenvalue weighted by molar-refractivity contribution is 0.668. The normalized spacial score (nSPS) is 14.3. The number of anilines is 1. The van der Waals surface area contributed by atoms with Crippen molar-refractivity contribution in [2.24, 2.45) is 4.99 Å². The molecule has 17 rings (SSSR count). The fourth-order valence-corrected chi connectivity index (χ4v) is 13.2. The third-order valence-corrected chi connectivity index (χ3v) is 16.9. The summed E-state index contributed by atoms with van der Waals surface area (Å²) in [5.74, 6) is 0.742. The van der Waals surface area contributed by atoms with Crippen LogP contribution in [-0.4, -0.2) is 20.8 Å². The zero-order valence-corrected chi connectivity index (χ0v) is 44.2. The maximum atomic E-state index is 10.1. The van der Waals surface area contributed by atoms with Gasteiger partial charge in [-0.1, -0.05) is 164 Å². The molecule has 1 aliphatic heterocycles. The summed E-state index contributed by atoms with van der Waals surface area (Å²) in [6.45, 7) is 0. The molecule has 0 saturated carbocycles. The Morgan fingerprint density at radius 3 is 1.85 bits per heavy atom. The second kappa shape index (κ2) is 18.0. The topological polar surface area (TPSA) is 87.6 Å². The molecule has 1 atom stereocenters. The monoisotopic (exact) mass is 1050 g/mol. The van der Waals surface area contributed by atoms with Gasteiger partial charge in [-0.05, 0) is 131 Å². The number of benzene rings is 11. The lowest BCUT2D eigenvalue weighted by atomic mass is 9.90. The van der Waals surface area contributed by atoms with E-state index in [2.05, 4.69) is 238 Å². The van der Waals surface area contributed by atoms with Crippen molar-refractivity contribution in [3.8, 4) is 33.6 Å². The number of hydrogen-bond donors (Lipinski definition) is 2. The molecule has 5 heterocycles. The minimum atomic E-state index is 0.0909. The van der Waals surface area contributed by atoms with E-state index < -0.39 is 0 Å². The highest BCUT2D eigenvalue weighted by molar-refractivity contribution is 6.25. The van der Waals surface area contributed by atoms with Crippen LogP contribution in [0.5, 0.6) is 0 Å². The number of nitrogens with one attached hydrogen (secondary N) is 2. The standard InChI is InChI=1S/C74H48N6O2/c75-73(76-74(49-31-35-55-54-25-12-15-29-66(54)82-69(55)44-49)77-80-64-28-14-11-24-53(64)59-41-46(33-39-65(59)80)45-17-4-1-5-18-45)58-26-16-30-68-70(58)61-43-48(34-40-67(61)81-68)47-32-38-63-60(42-47)57-37-36-56-52-23-10-13-27-62(52)78(50-19-6-2-7-20-50)71(56)72(57)79(63)51-21-8-3-9-22-51/h1-23,25-44,53H,24H2,(H2,75,76,77). The molecule has 0 spiro atoms. The Morgan fingerprint density at radius 1 is 0.463 bits per heavy atom. The lowest BCUT2D eigenvalue weighted by Gasteiger charge is -2.26. The molecule has 2 N–H and O–H groups in total. The lowest BCUT2D eigenvalue weighted by Crippen LogP contribution is -2.41. The van der Waals surface area contributed by atoms with Crippen LogP contribution < -0.4 is 10.4 Å². The minimum Gasteiger partial charge on any atom is -0.456 e. The zero-order chi connectivity index (χ0) is 54.0. The van der Waals surface area contributed by atoms with Crippen LogP contribution in [-0.2, 0) is 0 Å². The van der Waals surface area contributed by atoms with Crippen LogP contribution in [0.4, 0.5) is 5.69 Å². The van der Waals surface area contributed by atoms with Crippen molar-refractivity contribution in [1.82, 2.24) is 14.6 Å². The predicted octanol–water partition coefficient (Wildman–Crippen LogP) is 18.7. The Kier molecular flexibility index (Phi) is 10.1. The molecule has 8 nitrogen and oxygen atoms in total. The van der Waals surface area contributed by atoms with Crippen LogP contribution in [0.15, 0.2) is 280 Å². The molecule has 386 valence electrons. The highest BCUT2D eigenvalue weighted by Crippen LogP contribution is 2.48. The van der Waals surface area contributed by atoms with Gasteiger partial charge in [0.15, 0.2) is 11.7 Å². The smallest absolute Gasteiger partial charge is 0.155 e. The molecule has 1 unspecified atom stereocenters. The molecular weight excluding hydrogens is 1000 g/mol. The summed E-state index contributed by atoms with van der Waals surface area (Å²) < 4.78 is 18.0. The minimum absolute atomic E-state index is 0.0909. The number of hydrazine groups is 1. The molecule has 0 saturated heterocycles. The van der Waals surface area contributed by atoms with E-state index >= 15 is 0 Å². The number of allylic oxidation sites excluding steroid dienone is 4. The molecule has 1 aliphatic carbocycles. The summed E-state index contributed by atoms with van der Waals surface area (Å²) in [4.78, 5) is 5.30. The average Bonchev–Trinajstić information content (AvgIpc) is 3.94. The number of nitrogens with zero attached hydrogens (tertiary/aromatic N) is 4. The number of aromatic nitrogens is 2. The van der Waals surface area contributed by atoms with Crippen molar-refractivity contribution < 1.29 is 8.83 Å². The molecule has 0 bridgehead atoms. The Labute approximate surface area is 470 Å². The zero-order valence-electron chi connectivity index (χ0n) is 44.2. The first-order valence-corrected chi connectivity index (χ1v) is 27.9. The van der Waals surface area contributed by atoms with E-state index in [1.807, 2.05) is 42.5 Å². The van der Waals surface area contributed by atoms with E-state index in [1.165, 1.54) is 43.9 Å². The molecule has 4 aromatic heterocycles. The molecule has 8 heteroatoms. The summed E-state index contributed by atoms with van der Waals surface area (Å²) in [5.41, 5.74) is 22.9. The molecular formula is C74H48N6O2. The second-order valence-electron chi connectivity index (χ2n) is 21.5. The van der Waals surface area contributed by atoms with Gasteiger partial charge in [-0.3, -0.25) is 15.8 Å². The summed E-state index contributed by atoms with van der Waals surface area (Å²) in [6.07, 6.45) is 7.43. The molecule has 82 heavy (non-hydrogen) atoms. The highest BCUT2D eigenvalue weighted by atomic mass is 16.3. The number of fused-ring (bicyclic) bond motifs is 16. The van der Waals surface area contributed by atoms with E-state index in [0.717, 1.165) is 101 Å². The van der Waals surface area contributed by atoms with Crippen molar-refractivity contribution in [2.75, 3.05) is 5.01 Å². The van der Waals surface area contributed by atoms with Gasteiger partial charge >= 0.3 is 0 Å². The Balaban J connectivity index is 0.812. The Hall–Kier alpha value is -11.0. The molecule has 0 amide bonds. The van der Waals surface area contributed by atoms with Crippen molar-refractivity contribution in [3.05, 3.63) is 283 Å². The number of furan rings is 2. The van der Waals surface area contributed by atoms with Crippen molar-refractivity contribution in [3.63, 3.8) is 0 Å². The third kappa shape index (κ3) is 7.04. The molecule has 2 aliphatic rings. The SMILES string of the molecule is N=C(/N=C(\NN1C2=CC=CCC2c2cc(-c3ccccc3)ccc21)c1ccc2c(c1)oc1ccccc12)c1cccc2oc3ccc(-c4ccc5c(c4)c4ccc6c7ccccc7n(-c7ccccc7)c6c4n5-c4ccccc4)cc3c12. The summed E-state index contributed by atoms with van der Waals surface area (Å²) >= 11 is 0. The van der Waals surface area contributed by atoms with Crippen LogP contribution in [0.2, 0.25) is 0 Å². The van der Waals surface area contributed by atoms with Gasteiger partial charge < -0.3 is 18.0 Å². The van der Waals surface area contributed by atoms with Crippen LogP contribution in [0.3, 0.4) is 0 Å². The van der Waals surface area contributed by atoms with Gasteiger partial charge in [0.2, 0.25) is 0 Å². The maximum absolute atomic E-state index is 10.1. The highest BCUT2D eigenvalue weighted by Gasteiger charge is 2.36. The van der Waals surface area contributed by atoms with Gasteiger partial charge in [0, 0.05) is 77.2 Å². The fourth-order valence-electron chi connectivity index (χ4n) is 13.2. The number of para-hydroxylation sites is 4. The molecule has 0 fully saturated rings. The first kappa shape index (κ1) is 46.0. The molecule has 11 aromatic carbocycles. The quantitative estimate of drug-likeness (QED) is 0.123. The third-order valence-electron chi connectivity index (χ3n) is 16.9. The van der Waals surface area contributed by atoms with Gasteiger partial charge in [0.05, 0.1) is 27.8 Å². The first-order valence-electron chi connectivity index (χ1n) is 27.9. The molecule has 15 aromatic rings. The van der Waals surface area contributed by atoms with Crippen LogP contribution in [0.25, 0.3) is 121 Å². The summed E-state index contributed by atoms with van der Waals surface area (Å²) in [5, 5.41) is 20.8. The van der Waals surface area contributed by atoms with Crippen LogP contribution in [0, 0.1) is 5.41 Å². The number of rotatable bonds is 7. The number of hydrogen-bond acceptors (Lipinski definition) is 4. The average molecular weight is 1050 g/mol. The van der Waals surface area contributed by atoms with Crippen molar-refractivity contribution in [1.29, 1.82) is 5.41 Å². The van der Waals surface area contributed by atoms with E-state index in [4.69, 9.17) is 13.8 Å². The van der Waals surface area contributed by atoms with Gasteiger partial charge in [-0.25, -0.2) is 4.99 Å². The van der Waals surface area contributed by atoms with Gasteiger partial charge in [-0.2, -0.15) is 0 Å². The van der Waals surface area contributed by atoms with E-state index in [-0.39, 0.29) is 11.8 Å². The first-order chi connectivity index (χ1) is 40.6. The Morgan fingerprint density at radius 2 is 1.06 bits per heavy atom. The van der Waals surface area contributed by atoms with E-state index in [9.17, 15) is 5.41 Å². The van der Waals surface area contributed by atoms with E-state index in [1.54, 1.807) is 0 Å². The van der Waals surface area contributed by atoms with Crippen molar-refractivity contribution in [2.45, 2.75) is 12.3 Å². The maximum Gasteiger partial charge on any atom is 0.155 e. The predicted molar refractivity (Wildman–Crippen MR) is 337 cm³/mol. The molecule has 0 radical (unpaired) electrons. The number of aliphatic imine (C=N–C) groups is 1. The Bertz CT molecular complexity index is 5250. The summed E-state index contributed by atoms with van der Waals surface area (Å²) in [6, 6.07) is 85.5.